The zero-order chi connectivity index (χ0) is 9.42. The number of pyridine rings is 1. The molecule has 1 aliphatic carbocycles. The van der Waals surface area contributed by atoms with Crippen LogP contribution in [-0.4, -0.2) is 21.3 Å². The van der Waals surface area contributed by atoms with Gasteiger partial charge in [0.1, 0.15) is 12.2 Å². The number of fused-ring (bicyclic) bond motifs is 1. The number of nitrogens with zero attached hydrogens (tertiary/aromatic N) is 1. The van der Waals surface area contributed by atoms with Gasteiger partial charge in [0.05, 0.1) is 5.69 Å². The van der Waals surface area contributed by atoms with Gasteiger partial charge in [-0.05, 0) is 24.6 Å². The van der Waals surface area contributed by atoms with Crippen LogP contribution in [0, 0.1) is 0 Å². The van der Waals surface area contributed by atoms with Crippen LogP contribution in [0.4, 0.5) is 0 Å². The molecule has 3 nitrogen and oxygen atoms in total. The van der Waals surface area contributed by atoms with Crippen LogP contribution in [0.2, 0.25) is 0 Å². The van der Waals surface area contributed by atoms with Gasteiger partial charge < -0.3 is 10.2 Å². The Bertz CT molecular complexity index is 360. The predicted molar refractivity (Wildman–Crippen MR) is 48.9 cm³/mol. The normalized spacial score (nSPS) is 26.5. The van der Waals surface area contributed by atoms with Gasteiger partial charge in [-0.15, -0.1) is 0 Å². The topological polar surface area (TPSA) is 53.4 Å². The van der Waals surface area contributed by atoms with Crippen molar-refractivity contribution in [1.29, 1.82) is 0 Å². The minimum Gasteiger partial charge on any atom is -0.386 e. The van der Waals surface area contributed by atoms with Crippen molar-refractivity contribution in [2.45, 2.75) is 19.1 Å². The molecule has 0 aromatic carbocycles. The standard InChI is InChI=1S/C10H11NO2/c1-6-5-8(12)10(13)7-3-2-4-11-9(6)7/h2-5,8,10,12-13H,1H3/t8-,10-/m0/s1. The monoisotopic (exact) mass is 177 g/mol. The van der Waals surface area contributed by atoms with E-state index in [0.717, 1.165) is 11.3 Å². The van der Waals surface area contributed by atoms with Crippen molar-refractivity contribution in [3.63, 3.8) is 0 Å². The molecule has 0 amide bonds. The Labute approximate surface area is 76.4 Å². The highest BCUT2D eigenvalue weighted by molar-refractivity contribution is 5.66. The summed E-state index contributed by atoms with van der Waals surface area (Å²) in [5.41, 5.74) is 2.39. The number of rotatable bonds is 0. The van der Waals surface area contributed by atoms with Gasteiger partial charge in [-0.3, -0.25) is 4.98 Å². The molecule has 1 aromatic rings. The maximum absolute atomic E-state index is 9.61. The average Bonchev–Trinajstić information content (AvgIpc) is 2.15. The highest BCUT2D eigenvalue weighted by Gasteiger charge is 2.25. The van der Waals surface area contributed by atoms with Crippen molar-refractivity contribution < 1.29 is 10.2 Å². The number of aliphatic hydroxyl groups excluding tert-OH is 2. The molecule has 0 saturated carbocycles. The van der Waals surface area contributed by atoms with Crippen molar-refractivity contribution >= 4 is 5.57 Å². The molecule has 0 aliphatic heterocycles. The van der Waals surface area contributed by atoms with Crippen molar-refractivity contribution in [1.82, 2.24) is 4.98 Å². The van der Waals surface area contributed by atoms with Gasteiger partial charge >= 0.3 is 0 Å². The highest BCUT2D eigenvalue weighted by atomic mass is 16.3. The molecule has 13 heavy (non-hydrogen) atoms. The molecule has 1 heterocycles. The molecule has 2 atom stereocenters. The Hall–Kier alpha value is -1.19. The smallest absolute Gasteiger partial charge is 0.111 e. The van der Waals surface area contributed by atoms with E-state index < -0.39 is 12.2 Å². The molecule has 0 saturated heterocycles. The number of aliphatic hydroxyl groups is 2. The van der Waals surface area contributed by atoms with Crippen molar-refractivity contribution in [2.24, 2.45) is 0 Å². The molecule has 1 aromatic heterocycles. The summed E-state index contributed by atoms with van der Waals surface area (Å²) >= 11 is 0. The summed E-state index contributed by atoms with van der Waals surface area (Å²) in [5.74, 6) is 0. The summed E-state index contributed by atoms with van der Waals surface area (Å²) in [6.07, 6.45) is 1.66. The molecule has 0 spiro atoms. The zero-order valence-electron chi connectivity index (χ0n) is 7.31. The minimum atomic E-state index is -0.840. The molecule has 2 N–H and O–H groups in total. The third kappa shape index (κ3) is 1.26. The summed E-state index contributed by atoms with van der Waals surface area (Å²) in [4.78, 5) is 4.15. The van der Waals surface area contributed by atoms with E-state index in [-0.39, 0.29) is 0 Å². The predicted octanol–water partition coefficient (Wildman–Crippen LogP) is 0.893. The zero-order valence-corrected chi connectivity index (χ0v) is 7.31. The SMILES string of the molecule is CC1=C[C@H](O)[C@@H](O)c2cccnc21. The molecule has 68 valence electrons. The lowest BCUT2D eigenvalue weighted by Crippen LogP contribution is -2.21. The van der Waals surface area contributed by atoms with E-state index in [4.69, 9.17) is 0 Å². The molecule has 3 heteroatoms. The molecule has 2 rings (SSSR count). The quantitative estimate of drug-likeness (QED) is 0.619. The number of hydrogen-bond donors (Lipinski definition) is 2. The van der Waals surface area contributed by atoms with Gasteiger partial charge in [0.25, 0.3) is 0 Å². The van der Waals surface area contributed by atoms with Gasteiger partial charge in [0.15, 0.2) is 0 Å². The lowest BCUT2D eigenvalue weighted by Gasteiger charge is -2.23. The van der Waals surface area contributed by atoms with Crippen molar-refractivity contribution in [3.8, 4) is 0 Å². The second-order valence-electron chi connectivity index (χ2n) is 3.23. The van der Waals surface area contributed by atoms with Crippen LogP contribution in [0.5, 0.6) is 0 Å². The largest absolute Gasteiger partial charge is 0.386 e. The van der Waals surface area contributed by atoms with Gasteiger partial charge in [-0.1, -0.05) is 6.07 Å². The molecule has 0 bridgehead atoms. The summed E-state index contributed by atoms with van der Waals surface area (Å²) in [6, 6.07) is 3.54. The van der Waals surface area contributed by atoms with Crippen LogP contribution in [-0.2, 0) is 0 Å². The Morgan fingerprint density at radius 1 is 1.38 bits per heavy atom. The van der Waals surface area contributed by atoms with E-state index in [1.807, 2.05) is 6.92 Å². The average molecular weight is 177 g/mol. The summed E-state index contributed by atoms with van der Waals surface area (Å²) < 4.78 is 0. The minimum absolute atomic E-state index is 0.704. The van der Waals surface area contributed by atoms with E-state index in [1.54, 1.807) is 24.4 Å². The molecular formula is C10H11NO2. The summed E-state index contributed by atoms with van der Waals surface area (Å²) in [6.45, 7) is 1.88. The van der Waals surface area contributed by atoms with Crippen LogP contribution < -0.4 is 0 Å². The fourth-order valence-corrected chi connectivity index (χ4v) is 1.60. The Balaban J connectivity index is 2.58. The van der Waals surface area contributed by atoms with Gasteiger partial charge in [0, 0.05) is 11.8 Å². The van der Waals surface area contributed by atoms with E-state index in [1.165, 1.54) is 0 Å². The van der Waals surface area contributed by atoms with Gasteiger partial charge in [0.2, 0.25) is 0 Å². The third-order valence-electron chi connectivity index (χ3n) is 2.28. The van der Waals surface area contributed by atoms with Crippen LogP contribution in [0.3, 0.4) is 0 Å². The number of hydrogen-bond acceptors (Lipinski definition) is 3. The van der Waals surface area contributed by atoms with Crippen LogP contribution in [0.25, 0.3) is 5.57 Å². The lowest BCUT2D eigenvalue weighted by atomic mass is 9.92. The first-order valence-corrected chi connectivity index (χ1v) is 4.20. The molecule has 0 radical (unpaired) electrons. The fourth-order valence-electron chi connectivity index (χ4n) is 1.60. The Morgan fingerprint density at radius 2 is 2.15 bits per heavy atom. The van der Waals surface area contributed by atoms with Crippen LogP contribution in [0.1, 0.15) is 24.3 Å². The summed E-state index contributed by atoms with van der Waals surface area (Å²) in [5, 5.41) is 19.1. The van der Waals surface area contributed by atoms with Crippen molar-refractivity contribution in [2.75, 3.05) is 0 Å². The summed E-state index contributed by atoms with van der Waals surface area (Å²) in [7, 11) is 0. The van der Waals surface area contributed by atoms with E-state index in [9.17, 15) is 10.2 Å². The Kier molecular flexibility index (Phi) is 1.90. The lowest BCUT2D eigenvalue weighted by molar-refractivity contribution is 0.0462. The second-order valence-corrected chi connectivity index (χ2v) is 3.23. The fraction of sp³-hybridized carbons (Fsp3) is 0.300. The van der Waals surface area contributed by atoms with E-state index >= 15 is 0 Å². The number of allylic oxidation sites excluding steroid dienone is 1. The van der Waals surface area contributed by atoms with E-state index in [2.05, 4.69) is 4.98 Å². The first kappa shape index (κ1) is 8.41. The molecular weight excluding hydrogens is 166 g/mol. The first-order valence-electron chi connectivity index (χ1n) is 4.20. The molecule has 0 unspecified atom stereocenters. The Morgan fingerprint density at radius 3 is 2.92 bits per heavy atom. The van der Waals surface area contributed by atoms with Crippen LogP contribution >= 0.6 is 0 Å². The van der Waals surface area contributed by atoms with Gasteiger partial charge in [-0.25, -0.2) is 0 Å². The molecule has 0 fully saturated rings. The first-order chi connectivity index (χ1) is 6.20. The maximum atomic E-state index is 9.61. The second kappa shape index (κ2) is 2.94. The van der Waals surface area contributed by atoms with Gasteiger partial charge in [-0.2, -0.15) is 0 Å². The van der Waals surface area contributed by atoms with E-state index in [0.29, 0.717) is 5.56 Å². The third-order valence-corrected chi connectivity index (χ3v) is 2.28. The van der Waals surface area contributed by atoms with Crippen molar-refractivity contribution in [3.05, 3.63) is 35.7 Å². The maximum Gasteiger partial charge on any atom is 0.111 e. The highest BCUT2D eigenvalue weighted by Crippen LogP contribution is 2.30. The van der Waals surface area contributed by atoms with Crippen LogP contribution in [0.15, 0.2) is 24.4 Å². The number of aromatic nitrogens is 1. The molecule has 1 aliphatic rings.